The molecule has 2 N–H and O–H groups in total. The molecule has 0 fully saturated rings. The van der Waals surface area contributed by atoms with Crippen molar-refractivity contribution in [3.05, 3.63) is 35.1 Å². The van der Waals surface area contributed by atoms with Crippen LogP contribution in [0.3, 0.4) is 0 Å². The van der Waals surface area contributed by atoms with E-state index < -0.39 is 0 Å². The molecule has 62 valence electrons. The van der Waals surface area contributed by atoms with Crippen LogP contribution < -0.4 is 5.73 Å². The Morgan fingerprint density at radius 3 is 1.91 bits per heavy atom. The first-order valence-corrected chi connectivity index (χ1v) is 3.72. The molecular formula is C10H17N. The minimum Gasteiger partial charge on any atom is -0.399 e. The van der Waals surface area contributed by atoms with Crippen molar-refractivity contribution in [2.45, 2.75) is 27.7 Å². The molecule has 0 aromatic heterocycles. The van der Waals surface area contributed by atoms with Crippen LogP contribution in [0.15, 0.2) is 35.1 Å². The fourth-order valence-electron chi connectivity index (χ4n) is 0.501. The molecule has 0 saturated heterocycles. The molecular weight excluding hydrogens is 134 g/mol. The average Bonchev–Trinajstić information content (AvgIpc) is 1.87. The topological polar surface area (TPSA) is 26.0 Å². The van der Waals surface area contributed by atoms with Gasteiger partial charge in [-0.2, -0.15) is 0 Å². The molecule has 0 spiro atoms. The first-order valence-electron chi connectivity index (χ1n) is 3.72. The number of allylic oxidation sites excluding steroid dienone is 4. The van der Waals surface area contributed by atoms with E-state index in [4.69, 9.17) is 5.73 Å². The molecule has 0 aromatic rings. The normalized spacial score (nSPS) is 11.1. The van der Waals surface area contributed by atoms with Crippen LogP contribution in [0.5, 0.6) is 0 Å². The zero-order valence-electron chi connectivity index (χ0n) is 7.86. The summed E-state index contributed by atoms with van der Waals surface area (Å²) in [7, 11) is 0. The van der Waals surface area contributed by atoms with Crippen LogP contribution in [0, 0.1) is 0 Å². The van der Waals surface area contributed by atoms with E-state index in [9.17, 15) is 0 Å². The van der Waals surface area contributed by atoms with Gasteiger partial charge in [0.05, 0.1) is 0 Å². The van der Waals surface area contributed by atoms with Gasteiger partial charge in [-0.1, -0.05) is 17.7 Å². The highest BCUT2D eigenvalue weighted by Crippen LogP contribution is 2.08. The zero-order chi connectivity index (χ0) is 9.02. The second-order valence-electron chi connectivity index (χ2n) is 3.06. The van der Waals surface area contributed by atoms with E-state index in [1.165, 1.54) is 11.1 Å². The molecule has 0 radical (unpaired) electrons. The lowest BCUT2D eigenvalue weighted by Gasteiger charge is -2.00. The summed E-state index contributed by atoms with van der Waals surface area (Å²) < 4.78 is 0. The molecule has 0 aliphatic heterocycles. The van der Waals surface area contributed by atoms with Crippen LogP contribution in [0.2, 0.25) is 0 Å². The highest BCUT2D eigenvalue weighted by Gasteiger charge is 1.91. The van der Waals surface area contributed by atoms with E-state index in [0.29, 0.717) is 0 Å². The van der Waals surface area contributed by atoms with E-state index >= 15 is 0 Å². The maximum Gasteiger partial charge on any atom is 0.0340 e. The van der Waals surface area contributed by atoms with Gasteiger partial charge < -0.3 is 5.73 Å². The van der Waals surface area contributed by atoms with Crippen molar-refractivity contribution >= 4 is 0 Å². The second kappa shape index (κ2) is 4.02. The Balaban J connectivity index is 4.58. The molecule has 0 amide bonds. The van der Waals surface area contributed by atoms with Crippen LogP contribution >= 0.6 is 0 Å². The minimum absolute atomic E-state index is 0.767. The van der Waals surface area contributed by atoms with E-state index in [0.717, 1.165) is 11.3 Å². The fraction of sp³-hybridized carbons (Fsp3) is 0.400. The molecule has 1 heteroatoms. The lowest BCUT2D eigenvalue weighted by Crippen LogP contribution is -1.97. The van der Waals surface area contributed by atoms with Gasteiger partial charge in [0.2, 0.25) is 0 Å². The molecule has 0 saturated carbocycles. The van der Waals surface area contributed by atoms with Gasteiger partial charge in [0.15, 0.2) is 0 Å². The molecule has 0 aliphatic rings. The van der Waals surface area contributed by atoms with E-state index in [1.54, 1.807) is 0 Å². The summed E-state index contributed by atoms with van der Waals surface area (Å²) in [5.74, 6) is 0. The molecule has 0 aromatic carbocycles. The van der Waals surface area contributed by atoms with E-state index in [1.807, 2.05) is 19.9 Å². The van der Waals surface area contributed by atoms with Crippen molar-refractivity contribution in [1.29, 1.82) is 0 Å². The summed E-state index contributed by atoms with van der Waals surface area (Å²) >= 11 is 0. The predicted octanol–water partition coefficient (Wildman–Crippen LogP) is 2.76. The quantitative estimate of drug-likeness (QED) is 0.603. The number of rotatable bonds is 2. The molecule has 11 heavy (non-hydrogen) atoms. The summed E-state index contributed by atoms with van der Waals surface area (Å²) in [6.45, 7) is 11.8. The van der Waals surface area contributed by atoms with Gasteiger partial charge in [-0.05, 0) is 39.3 Å². The Morgan fingerprint density at radius 2 is 1.64 bits per heavy atom. The van der Waals surface area contributed by atoms with Crippen LogP contribution in [0.25, 0.3) is 0 Å². The first-order chi connectivity index (χ1) is 4.95. The Hall–Kier alpha value is -0.980. The first kappa shape index (κ1) is 10.0. The largest absolute Gasteiger partial charge is 0.399 e. The molecule has 0 unspecified atom stereocenters. The summed E-state index contributed by atoms with van der Waals surface area (Å²) in [4.78, 5) is 0. The van der Waals surface area contributed by atoms with Gasteiger partial charge >= 0.3 is 0 Å². The maximum absolute atomic E-state index is 5.68. The van der Waals surface area contributed by atoms with Crippen molar-refractivity contribution in [1.82, 2.24) is 0 Å². The summed E-state index contributed by atoms with van der Waals surface area (Å²) in [6.07, 6.45) is 1.96. The van der Waals surface area contributed by atoms with Crippen LogP contribution in [-0.2, 0) is 0 Å². The van der Waals surface area contributed by atoms with E-state index in [2.05, 4.69) is 20.4 Å². The van der Waals surface area contributed by atoms with E-state index in [-0.39, 0.29) is 0 Å². The molecule has 0 atom stereocenters. The Kier molecular flexibility index (Phi) is 3.66. The Labute approximate surface area is 69.3 Å². The number of hydrogen-bond donors (Lipinski definition) is 1. The molecule has 0 rings (SSSR count). The third kappa shape index (κ3) is 3.66. The highest BCUT2D eigenvalue weighted by molar-refractivity contribution is 5.32. The van der Waals surface area contributed by atoms with Gasteiger partial charge in [0.1, 0.15) is 0 Å². The zero-order valence-corrected chi connectivity index (χ0v) is 7.86. The van der Waals surface area contributed by atoms with Crippen molar-refractivity contribution in [3.63, 3.8) is 0 Å². The van der Waals surface area contributed by atoms with Crippen molar-refractivity contribution < 1.29 is 0 Å². The van der Waals surface area contributed by atoms with Gasteiger partial charge in [-0.3, -0.25) is 0 Å². The van der Waals surface area contributed by atoms with Crippen LogP contribution in [0.1, 0.15) is 27.7 Å². The van der Waals surface area contributed by atoms with Crippen molar-refractivity contribution in [2.75, 3.05) is 0 Å². The van der Waals surface area contributed by atoms with Crippen LogP contribution in [-0.4, -0.2) is 0 Å². The highest BCUT2D eigenvalue weighted by atomic mass is 14.6. The monoisotopic (exact) mass is 151 g/mol. The third-order valence-electron chi connectivity index (χ3n) is 1.65. The van der Waals surface area contributed by atoms with Gasteiger partial charge in [0.25, 0.3) is 0 Å². The second-order valence-corrected chi connectivity index (χ2v) is 3.06. The van der Waals surface area contributed by atoms with Crippen molar-refractivity contribution in [3.8, 4) is 0 Å². The maximum atomic E-state index is 5.68. The lowest BCUT2D eigenvalue weighted by molar-refractivity contribution is 1.24. The molecule has 0 aliphatic carbocycles. The van der Waals surface area contributed by atoms with Gasteiger partial charge in [-0.15, -0.1) is 0 Å². The summed E-state index contributed by atoms with van der Waals surface area (Å²) in [6, 6.07) is 0. The summed E-state index contributed by atoms with van der Waals surface area (Å²) in [5.41, 5.74) is 9.87. The Morgan fingerprint density at radius 1 is 1.18 bits per heavy atom. The predicted molar refractivity (Wildman–Crippen MR) is 51.1 cm³/mol. The van der Waals surface area contributed by atoms with Crippen LogP contribution in [0.4, 0.5) is 0 Å². The molecule has 0 heterocycles. The molecule has 0 bridgehead atoms. The number of nitrogens with two attached hydrogens (primary N) is 1. The van der Waals surface area contributed by atoms with Gasteiger partial charge in [0, 0.05) is 5.70 Å². The fourth-order valence-corrected chi connectivity index (χ4v) is 0.501. The Bertz CT molecular complexity index is 215. The average molecular weight is 151 g/mol. The molecule has 1 nitrogen and oxygen atoms in total. The van der Waals surface area contributed by atoms with Gasteiger partial charge in [-0.25, -0.2) is 0 Å². The summed E-state index contributed by atoms with van der Waals surface area (Å²) in [5, 5.41) is 0. The minimum atomic E-state index is 0.767. The lowest BCUT2D eigenvalue weighted by atomic mass is 10.1. The smallest absolute Gasteiger partial charge is 0.0340 e. The number of hydrogen-bond acceptors (Lipinski definition) is 1. The SMILES string of the molecule is C=C(C)/C(N)=C\C(C)=C(C)C. The third-order valence-corrected chi connectivity index (χ3v) is 1.65. The van der Waals surface area contributed by atoms with Crippen molar-refractivity contribution in [2.24, 2.45) is 5.73 Å². The standard InChI is InChI=1S/C10H17N/c1-7(2)9(5)6-10(11)8(3)4/h6H,3,11H2,1-2,4-5H3/b10-6+.